The molecule has 0 bridgehead atoms. The van der Waals surface area contributed by atoms with E-state index in [1.54, 1.807) is 12.1 Å². The SMILES string of the molecule is COc1cc(C(=O)CCC(=O)O)ccc1OCCO. The van der Waals surface area contributed by atoms with Crippen molar-refractivity contribution in [3.05, 3.63) is 23.8 Å². The van der Waals surface area contributed by atoms with Gasteiger partial charge in [0.1, 0.15) is 6.61 Å². The summed E-state index contributed by atoms with van der Waals surface area (Å²) in [5.41, 5.74) is 0.370. The van der Waals surface area contributed by atoms with Gasteiger partial charge >= 0.3 is 5.97 Å². The van der Waals surface area contributed by atoms with E-state index in [0.717, 1.165) is 0 Å². The maximum Gasteiger partial charge on any atom is 0.303 e. The lowest BCUT2D eigenvalue weighted by Crippen LogP contribution is -2.06. The number of Topliss-reactive ketones (excluding diaryl/α,β-unsaturated/α-hetero) is 1. The Hall–Kier alpha value is -2.08. The zero-order valence-corrected chi connectivity index (χ0v) is 10.6. The fourth-order valence-corrected chi connectivity index (χ4v) is 1.48. The van der Waals surface area contributed by atoms with Gasteiger partial charge in [0.2, 0.25) is 0 Å². The van der Waals surface area contributed by atoms with Crippen molar-refractivity contribution >= 4 is 11.8 Å². The molecule has 0 radical (unpaired) electrons. The van der Waals surface area contributed by atoms with Gasteiger partial charge in [-0.25, -0.2) is 0 Å². The number of ketones is 1. The number of aliphatic carboxylic acids is 1. The van der Waals surface area contributed by atoms with E-state index >= 15 is 0 Å². The van der Waals surface area contributed by atoms with Crippen LogP contribution in [0.15, 0.2) is 18.2 Å². The lowest BCUT2D eigenvalue weighted by atomic mass is 10.1. The number of carbonyl (C=O) groups excluding carboxylic acids is 1. The van der Waals surface area contributed by atoms with Gasteiger partial charge in [-0.3, -0.25) is 9.59 Å². The van der Waals surface area contributed by atoms with Gasteiger partial charge in [-0.2, -0.15) is 0 Å². The third kappa shape index (κ3) is 4.59. The van der Waals surface area contributed by atoms with Crippen LogP contribution in [0.4, 0.5) is 0 Å². The van der Waals surface area contributed by atoms with E-state index in [2.05, 4.69) is 0 Å². The van der Waals surface area contributed by atoms with Crippen LogP contribution in [-0.2, 0) is 4.79 Å². The highest BCUT2D eigenvalue weighted by atomic mass is 16.5. The molecule has 2 N–H and O–H groups in total. The van der Waals surface area contributed by atoms with Crippen LogP contribution in [0.1, 0.15) is 23.2 Å². The molecule has 0 amide bonds. The van der Waals surface area contributed by atoms with Crippen LogP contribution in [-0.4, -0.2) is 42.3 Å². The van der Waals surface area contributed by atoms with Crippen LogP contribution >= 0.6 is 0 Å². The number of carboxylic acid groups (broad SMARTS) is 1. The van der Waals surface area contributed by atoms with Crippen molar-refractivity contribution in [3.63, 3.8) is 0 Å². The summed E-state index contributed by atoms with van der Waals surface area (Å²) >= 11 is 0. The van der Waals surface area contributed by atoms with Gasteiger partial charge in [0.25, 0.3) is 0 Å². The first-order chi connectivity index (χ1) is 9.08. The molecule has 1 aromatic carbocycles. The summed E-state index contributed by atoms with van der Waals surface area (Å²) in [6, 6.07) is 4.60. The van der Waals surface area contributed by atoms with Crippen LogP contribution < -0.4 is 9.47 Å². The van der Waals surface area contributed by atoms with Gasteiger partial charge < -0.3 is 19.7 Å². The molecule has 0 aliphatic carbocycles. The van der Waals surface area contributed by atoms with E-state index in [4.69, 9.17) is 19.7 Å². The fraction of sp³-hybridized carbons (Fsp3) is 0.385. The first-order valence-corrected chi connectivity index (χ1v) is 5.75. The smallest absolute Gasteiger partial charge is 0.303 e. The minimum atomic E-state index is -1.01. The molecule has 1 rings (SSSR count). The van der Waals surface area contributed by atoms with E-state index in [9.17, 15) is 9.59 Å². The van der Waals surface area contributed by atoms with E-state index in [-0.39, 0.29) is 31.8 Å². The molecular weight excluding hydrogens is 252 g/mol. The Morgan fingerprint density at radius 2 is 1.95 bits per heavy atom. The molecule has 0 saturated heterocycles. The van der Waals surface area contributed by atoms with Gasteiger partial charge in [-0.05, 0) is 18.2 Å². The topological polar surface area (TPSA) is 93.1 Å². The van der Waals surface area contributed by atoms with Crippen LogP contribution in [0.5, 0.6) is 11.5 Å². The summed E-state index contributed by atoms with van der Waals surface area (Å²) < 4.78 is 10.3. The Morgan fingerprint density at radius 3 is 2.53 bits per heavy atom. The third-order valence-electron chi connectivity index (χ3n) is 2.40. The first-order valence-electron chi connectivity index (χ1n) is 5.75. The second-order valence-corrected chi connectivity index (χ2v) is 3.75. The Labute approximate surface area is 110 Å². The summed E-state index contributed by atoms with van der Waals surface area (Å²) in [4.78, 5) is 22.2. The highest BCUT2D eigenvalue weighted by Crippen LogP contribution is 2.28. The van der Waals surface area contributed by atoms with Gasteiger partial charge in [0, 0.05) is 12.0 Å². The van der Waals surface area contributed by atoms with E-state index in [1.165, 1.54) is 13.2 Å². The van der Waals surface area contributed by atoms with Crippen molar-refractivity contribution in [2.75, 3.05) is 20.3 Å². The van der Waals surface area contributed by atoms with E-state index in [0.29, 0.717) is 17.1 Å². The number of aliphatic hydroxyl groups excluding tert-OH is 1. The van der Waals surface area contributed by atoms with Crippen LogP contribution in [0.3, 0.4) is 0 Å². The van der Waals surface area contributed by atoms with Crippen LogP contribution in [0, 0.1) is 0 Å². The van der Waals surface area contributed by atoms with Gasteiger partial charge in [0.05, 0.1) is 20.1 Å². The standard InChI is InChI=1S/C13H16O6/c1-18-12-8-9(10(15)3-5-13(16)17)2-4-11(12)19-7-6-14/h2,4,8,14H,3,5-7H2,1H3,(H,16,17). The minimum Gasteiger partial charge on any atom is -0.493 e. The Balaban J connectivity index is 2.80. The average Bonchev–Trinajstić information content (AvgIpc) is 2.42. The number of hydrogen-bond acceptors (Lipinski definition) is 5. The predicted octanol–water partition coefficient (Wildman–Crippen LogP) is 1.11. The Kier molecular flexibility index (Phi) is 5.81. The number of rotatable bonds is 8. The monoisotopic (exact) mass is 268 g/mol. The van der Waals surface area contributed by atoms with Gasteiger partial charge in [-0.15, -0.1) is 0 Å². The second-order valence-electron chi connectivity index (χ2n) is 3.75. The van der Waals surface area contributed by atoms with Gasteiger partial charge in [-0.1, -0.05) is 0 Å². The minimum absolute atomic E-state index is 0.0602. The molecule has 0 fully saturated rings. The number of hydrogen-bond donors (Lipinski definition) is 2. The molecule has 104 valence electrons. The number of ether oxygens (including phenoxy) is 2. The number of methoxy groups -OCH3 is 1. The lowest BCUT2D eigenvalue weighted by molar-refractivity contribution is -0.136. The summed E-state index contributed by atoms with van der Waals surface area (Å²) in [5.74, 6) is -0.487. The summed E-state index contributed by atoms with van der Waals surface area (Å²) in [7, 11) is 1.44. The van der Waals surface area contributed by atoms with Gasteiger partial charge in [0.15, 0.2) is 17.3 Å². The average molecular weight is 268 g/mol. The molecule has 0 unspecified atom stereocenters. The largest absolute Gasteiger partial charge is 0.493 e. The number of benzene rings is 1. The Bertz CT molecular complexity index is 454. The molecule has 0 spiro atoms. The maximum atomic E-state index is 11.7. The van der Waals surface area contributed by atoms with Crippen molar-refractivity contribution in [1.29, 1.82) is 0 Å². The number of carbonyl (C=O) groups is 2. The van der Waals surface area contributed by atoms with Crippen molar-refractivity contribution in [3.8, 4) is 11.5 Å². The molecule has 6 nitrogen and oxygen atoms in total. The Morgan fingerprint density at radius 1 is 1.21 bits per heavy atom. The van der Waals surface area contributed by atoms with E-state index in [1.807, 2.05) is 0 Å². The van der Waals surface area contributed by atoms with Crippen molar-refractivity contribution in [2.24, 2.45) is 0 Å². The number of aliphatic hydroxyl groups is 1. The quantitative estimate of drug-likeness (QED) is 0.686. The molecule has 0 aliphatic rings. The molecule has 19 heavy (non-hydrogen) atoms. The summed E-state index contributed by atoms with van der Waals surface area (Å²) in [6.07, 6.45) is -0.265. The van der Waals surface area contributed by atoms with Crippen molar-refractivity contribution in [1.82, 2.24) is 0 Å². The zero-order valence-electron chi connectivity index (χ0n) is 10.6. The molecule has 1 aromatic rings. The summed E-state index contributed by atoms with van der Waals surface area (Å²) in [6.45, 7) is 0.00507. The predicted molar refractivity (Wildman–Crippen MR) is 66.8 cm³/mol. The summed E-state index contributed by atoms with van der Waals surface area (Å²) in [5, 5.41) is 17.2. The van der Waals surface area contributed by atoms with Crippen LogP contribution in [0.25, 0.3) is 0 Å². The molecule has 6 heteroatoms. The highest BCUT2D eigenvalue weighted by Gasteiger charge is 2.12. The van der Waals surface area contributed by atoms with Crippen LogP contribution in [0.2, 0.25) is 0 Å². The molecule has 0 atom stereocenters. The molecule has 0 heterocycles. The molecular formula is C13H16O6. The van der Waals surface area contributed by atoms with Crippen molar-refractivity contribution < 1.29 is 29.3 Å². The first kappa shape index (κ1) is 15.0. The number of carboxylic acids is 1. The molecule has 0 aliphatic heterocycles. The molecule has 0 aromatic heterocycles. The normalized spacial score (nSPS) is 10.0. The zero-order chi connectivity index (χ0) is 14.3. The second kappa shape index (κ2) is 7.38. The maximum absolute atomic E-state index is 11.7. The lowest BCUT2D eigenvalue weighted by Gasteiger charge is -2.10. The molecule has 0 saturated carbocycles. The third-order valence-corrected chi connectivity index (χ3v) is 2.40. The highest BCUT2D eigenvalue weighted by molar-refractivity contribution is 5.98. The van der Waals surface area contributed by atoms with E-state index < -0.39 is 5.97 Å². The fourth-order valence-electron chi connectivity index (χ4n) is 1.48. The van der Waals surface area contributed by atoms with Crippen molar-refractivity contribution in [2.45, 2.75) is 12.8 Å².